The van der Waals surface area contributed by atoms with E-state index in [1.54, 1.807) is 0 Å². The Labute approximate surface area is 111 Å². The smallest absolute Gasteiger partial charge is 0.0230 e. The molecule has 100 valence electrons. The van der Waals surface area contributed by atoms with Crippen LogP contribution in [0.4, 0.5) is 0 Å². The number of nitrogens with one attached hydrogen (secondary N) is 1. The molecule has 0 radical (unpaired) electrons. The summed E-state index contributed by atoms with van der Waals surface area (Å²) in [7, 11) is 2.22. The molecule has 0 atom stereocenters. The average Bonchev–Trinajstić information content (AvgIpc) is 2.23. The number of hydrogen-bond acceptors (Lipinski definition) is 2. The SMILES string of the molecule is CN(Cc1ccc(C(C)(C)C)cc1)CC1CNC1. The molecule has 1 saturated heterocycles. The molecule has 2 rings (SSSR count). The molecule has 2 nitrogen and oxygen atoms in total. The normalized spacial score (nSPS) is 16.9. The van der Waals surface area contributed by atoms with Gasteiger partial charge in [-0.2, -0.15) is 0 Å². The first-order valence-corrected chi connectivity index (χ1v) is 6.94. The van der Waals surface area contributed by atoms with Gasteiger partial charge in [-0.15, -0.1) is 0 Å². The molecule has 0 unspecified atom stereocenters. The fraction of sp³-hybridized carbons (Fsp3) is 0.625. The van der Waals surface area contributed by atoms with E-state index in [0.29, 0.717) is 0 Å². The van der Waals surface area contributed by atoms with Gasteiger partial charge in [0, 0.05) is 26.2 Å². The van der Waals surface area contributed by atoms with Gasteiger partial charge < -0.3 is 10.2 Å². The molecule has 1 fully saturated rings. The summed E-state index contributed by atoms with van der Waals surface area (Å²) in [5, 5.41) is 3.33. The molecule has 0 amide bonds. The first-order chi connectivity index (χ1) is 8.45. The lowest BCUT2D eigenvalue weighted by atomic mass is 9.87. The second kappa shape index (κ2) is 5.41. The highest BCUT2D eigenvalue weighted by Crippen LogP contribution is 2.22. The fourth-order valence-electron chi connectivity index (χ4n) is 2.40. The Kier molecular flexibility index (Phi) is 4.08. The molecule has 0 saturated carbocycles. The molecule has 0 spiro atoms. The van der Waals surface area contributed by atoms with Gasteiger partial charge in [0.2, 0.25) is 0 Å². The standard InChI is InChI=1S/C16H26N2/c1-16(2,3)15-7-5-13(6-8-15)11-18(4)12-14-9-17-10-14/h5-8,14,17H,9-12H2,1-4H3. The number of nitrogens with zero attached hydrogens (tertiary/aromatic N) is 1. The highest BCUT2D eigenvalue weighted by molar-refractivity contribution is 5.27. The van der Waals surface area contributed by atoms with Crippen molar-refractivity contribution in [1.29, 1.82) is 0 Å². The summed E-state index contributed by atoms with van der Waals surface area (Å²) >= 11 is 0. The van der Waals surface area contributed by atoms with Crippen LogP contribution in [-0.4, -0.2) is 31.6 Å². The van der Waals surface area contributed by atoms with Crippen molar-refractivity contribution in [3.8, 4) is 0 Å². The summed E-state index contributed by atoms with van der Waals surface area (Å²) in [6, 6.07) is 9.09. The average molecular weight is 246 g/mol. The predicted octanol–water partition coefficient (Wildman–Crippen LogP) is 2.64. The molecule has 1 aliphatic rings. The molecule has 18 heavy (non-hydrogen) atoms. The molecule has 1 aromatic carbocycles. The van der Waals surface area contributed by atoms with E-state index in [1.807, 2.05) is 0 Å². The van der Waals surface area contributed by atoms with E-state index in [0.717, 1.165) is 12.5 Å². The summed E-state index contributed by atoms with van der Waals surface area (Å²) < 4.78 is 0. The Morgan fingerprint density at radius 2 is 1.78 bits per heavy atom. The van der Waals surface area contributed by atoms with E-state index in [4.69, 9.17) is 0 Å². The second-order valence-corrected chi connectivity index (χ2v) is 6.67. The van der Waals surface area contributed by atoms with Crippen LogP contribution in [0.2, 0.25) is 0 Å². The quantitative estimate of drug-likeness (QED) is 0.878. The molecule has 2 heteroatoms. The van der Waals surface area contributed by atoms with E-state index in [-0.39, 0.29) is 5.41 Å². The summed E-state index contributed by atoms with van der Waals surface area (Å²) in [5.74, 6) is 0.851. The van der Waals surface area contributed by atoms with Crippen molar-refractivity contribution < 1.29 is 0 Å². The summed E-state index contributed by atoms with van der Waals surface area (Å²) in [4.78, 5) is 2.43. The van der Waals surface area contributed by atoms with E-state index in [1.165, 1.54) is 30.8 Å². The van der Waals surface area contributed by atoms with Crippen LogP contribution in [0.5, 0.6) is 0 Å². The third-order valence-corrected chi connectivity index (χ3v) is 3.71. The van der Waals surface area contributed by atoms with E-state index in [9.17, 15) is 0 Å². The van der Waals surface area contributed by atoms with Crippen molar-refractivity contribution in [2.75, 3.05) is 26.7 Å². The number of rotatable bonds is 4. The van der Waals surface area contributed by atoms with Gasteiger partial charge in [-0.3, -0.25) is 0 Å². The first kappa shape index (κ1) is 13.6. The lowest BCUT2D eigenvalue weighted by Gasteiger charge is -2.31. The van der Waals surface area contributed by atoms with E-state index in [2.05, 4.69) is 62.3 Å². The Balaban J connectivity index is 1.89. The van der Waals surface area contributed by atoms with Crippen molar-refractivity contribution >= 4 is 0 Å². The maximum absolute atomic E-state index is 3.33. The monoisotopic (exact) mass is 246 g/mol. The van der Waals surface area contributed by atoms with Crippen LogP contribution >= 0.6 is 0 Å². The minimum absolute atomic E-state index is 0.252. The molecule has 0 aromatic heterocycles. The Bertz CT molecular complexity index is 371. The zero-order valence-electron chi connectivity index (χ0n) is 12.2. The maximum Gasteiger partial charge on any atom is 0.0230 e. The number of benzene rings is 1. The highest BCUT2D eigenvalue weighted by Gasteiger charge is 2.18. The topological polar surface area (TPSA) is 15.3 Å². The van der Waals surface area contributed by atoms with Crippen LogP contribution in [0.1, 0.15) is 31.9 Å². The third kappa shape index (κ3) is 3.56. The van der Waals surface area contributed by atoms with Crippen molar-refractivity contribution in [2.24, 2.45) is 5.92 Å². The van der Waals surface area contributed by atoms with Crippen LogP contribution in [0.15, 0.2) is 24.3 Å². The van der Waals surface area contributed by atoms with Gasteiger partial charge in [-0.05, 0) is 29.5 Å². The molecular formula is C16H26N2. The van der Waals surface area contributed by atoms with E-state index < -0.39 is 0 Å². The second-order valence-electron chi connectivity index (χ2n) is 6.67. The molecule has 0 aliphatic carbocycles. The summed E-state index contributed by atoms with van der Waals surface area (Å²) in [6.07, 6.45) is 0. The van der Waals surface area contributed by atoms with Crippen molar-refractivity contribution in [1.82, 2.24) is 10.2 Å². The van der Waals surface area contributed by atoms with Gasteiger partial charge in [-0.1, -0.05) is 45.0 Å². The molecule has 0 bridgehead atoms. The zero-order chi connectivity index (χ0) is 13.2. The molecule has 1 heterocycles. The van der Waals surface area contributed by atoms with E-state index >= 15 is 0 Å². The van der Waals surface area contributed by atoms with Gasteiger partial charge in [0.25, 0.3) is 0 Å². The van der Waals surface area contributed by atoms with Gasteiger partial charge in [-0.25, -0.2) is 0 Å². The highest BCUT2D eigenvalue weighted by atomic mass is 15.1. The Hall–Kier alpha value is -0.860. The van der Waals surface area contributed by atoms with Crippen LogP contribution in [0, 0.1) is 5.92 Å². The predicted molar refractivity (Wildman–Crippen MR) is 77.8 cm³/mol. The van der Waals surface area contributed by atoms with Gasteiger partial charge in [0.05, 0.1) is 0 Å². The van der Waals surface area contributed by atoms with Gasteiger partial charge in [0.1, 0.15) is 0 Å². The third-order valence-electron chi connectivity index (χ3n) is 3.71. The van der Waals surface area contributed by atoms with Crippen molar-refractivity contribution in [3.05, 3.63) is 35.4 Å². The summed E-state index contributed by atoms with van der Waals surface area (Å²) in [5.41, 5.74) is 3.08. The Morgan fingerprint density at radius 1 is 1.17 bits per heavy atom. The van der Waals surface area contributed by atoms with Gasteiger partial charge in [0.15, 0.2) is 0 Å². The molecule has 1 aromatic rings. The fourth-order valence-corrected chi connectivity index (χ4v) is 2.40. The van der Waals surface area contributed by atoms with Crippen LogP contribution in [0.25, 0.3) is 0 Å². The minimum Gasteiger partial charge on any atom is -0.316 e. The largest absolute Gasteiger partial charge is 0.316 e. The lowest BCUT2D eigenvalue weighted by Crippen LogP contribution is -2.47. The molecular weight excluding hydrogens is 220 g/mol. The Morgan fingerprint density at radius 3 is 2.22 bits per heavy atom. The van der Waals surface area contributed by atoms with Crippen molar-refractivity contribution in [3.63, 3.8) is 0 Å². The van der Waals surface area contributed by atoms with Gasteiger partial charge >= 0.3 is 0 Å². The molecule has 1 N–H and O–H groups in total. The summed E-state index contributed by atoms with van der Waals surface area (Å²) in [6.45, 7) is 11.4. The molecule has 1 aliphatic heterocycles. The van der Waals surface area contributed by atoms with Crippen molar-refractivity contribution in [2.45, 2.75) is 32.7 Å². The van der Waals surface area contributed by atoms with Crippen LogP contribution in [-0.2, 0) is 12.0 Å². The van der Waals surface area contributed by atoms with Crippen LogP contribution in [0.3, 0.4) is 0 Å². The lowest BCUT2D eigenvalue weighted by molar-refractivity contribution is 0.218. The number of hydrogen-bond donors (Lipinski definition) is 1. The van der Waals surface area contributed by atoms with Crippen LogP contribution < -0.4 is 5.32 Å². The maximum atomic E-state index is 3.33. The minimum atomic E-state index is 0.252. The zero-order valence-corrected chi connectivity index (χ0v) is 12.2. The first-order valence-electron chi connectivity index (χ1n) is 6.94.